The van der Waals surface area contributed by atoms with Gasteiger partial charge in [0.2, 0.25) is 0 Å². The fraction of sp³-hybridized carbons (Fsp3) is 0.222. The summed E-state index contributed by atoms with van der Waals surface area (Å²) in [7, 11) is 0. The summed E-state index contributed by atoms with van der Waals surface area (Å²) in [6.07, 6.45) is 1.60. The zero-order chi connectivity index (χ0) is 9.26. The highest BCUT2D eigenvalue weighted by atomic mass is 16.5. The minimum absolute atomic E-state index is 0.408. The maximum Gasteiger partial charge on any atom is 0.156 e. The van der Waals surface area contributed by atoms with Gasteiger partial charge in [0.25, 0.3) is 0 Å². The highest BCUT2D eigenvalue weighted by molar-refractivity contribution is 5.57. The van der Waals surface area contributed by atoms with Crippen LogP contribution in [0.2, 0.25) is 0 Å². The lowest BCUT2D eigenvalue weighted by Gasteiger charge is -1.93. The van der Waals surface area contributed by atoms with E-state index in [9.17, 15) is 0 Å². The number of aryl methyl sites for hydroxylation is 1. The zero-order valence-corrected chi connectivity index (χ0v) is 7.28. The number of furan rings is 1. The topological polar surface area (TPSA) is 65.2 Å². The van der Waals surface area contributed by atoms with Gasteiger partial charge in [-0.05, 0) is 19.1 Å². The molecular formula is C9H10N2O2. The van der Waals surface area contributed by atoms with Gasteiger partial charge in [0.05, 0.1) is 6.26 Å². The molecule has 0 aromatic carbocycles. The molecule has 0 radical (unpaired) electrons. The number of hydrogen-bond acceptors (Lipinski definition) is 4. The summed E-state index contributed by atoms with van der Waals surface area (Å²) in [5, 5.41) is 3.88. The molecule has 0 atom stereocenters. The minimum atomic E-state index is 0.408. The number of aromatic nitrogens is 1. The molecule has 0 aliphatic carbocycles. The van der Waals surface area contributed by atoms with E-state index in [2.05, 4.69) is 5.16 Å². The number of nitrogens with two attached hydrogens (primary N) is 1. The second-order valence-electron chi connectivity index (χ2n) is 2.75. The second kappa shape index (κ2) is 3.06. The summed E-state index contributed by atoms with van der Waals surface area (Å²) in [5.74, 6) is 1.44. The van der Waals surface area contributed by atoms with Crippen LogP contribution in [0.3, 0.4) is 0 Å². The van der Waals surface area contributed by atoms with E-state index < -0.39 is 0 Å². The second-order valence-corrected chi connectivity index (χ2v) is 2.75. The van der Waals surface area contributed by atoms with Gasteiger partial charge in [-0.25, -0.2) is 0 Å². The van der Waals surface area contributed by atoms with Crippen molar-refractivity contribution in [3.63, 3.8) is 0 Å². The summed E-state index contributed by atoms with van der Waals surface area (Å²) >= 11 is 0. The standard InChI is InChI=1S/C9H10N2O2/c1-6-7(5-10)9(11-13-6)8-3-2-4-12-8/h2-4H,5,10H2,1H3. The minimum Gasteiger partial charge on any atom is -0.463 e. The van der Waals surface area contributed by atoms with E-state index in [-0.39, 0.29) is 0 Å². The Labute approximate surface area is 75.3 Å². The molecular weight excluding hydrogens is 168 g/mol. The van der Waals surface area contributed by atoms with Gasteiger partial charge >= 0.3 is 0 Å². The molecule has 0 fully saturated rings. The van der Waals surface area contributed by atoms with Crippen molar-refractivity contribution in [1.29, 1.82) is 0 Å². The third-order valence-electron chi connectivity index (χ3n) is 1.94. The average Bonchev–Trinajstić information content (AvgIpc) is 2.71. The summed E-state index contributed by atoms with van der Waals surface area (Å²) < 4.78 is 10.2. The van der Waals surface area contributed by atoms with Crippen molar-refractivity contribution in [2.75, 3.05) is 0 Å². The van der Waals surface area contributed by atoms with E-state index in [1.165, 1.54) is 0 Å². The van der Waals surface area contributed by atoms with E-state index >= 15 is 0 Å². The van der Waals surface area contributed by atoms with Crippen molar-refractivity contribution in [2.45, 2.75) is 13.5 Å². The van der Waals surface area contributed by atoms with Gasteiger partial charge in [0.15, 0.2) is 11.5 Å². The normalized spacial score (nSPS) is 10.6. The van der Waals surface area contributed by atoms with Gasteiger partial charge in [0.1, 0.15) is 5.76 Å². The van der Waals surface area contributed by atoms with E-state index in [0.29, 0.717) is 18.0 Å². The van der Waals surface area contributed by atoms with Gasteiger partial charge in [-0.1, -0.05) is 5.16 Å². The monoisotopic (exact) mass is 178 g/mol. The Kier molecular flexibility index (Phi) is 1.90. The third-order valence-corrected chi connectivity index (χ3v) is 1.94. The van der Waals surface area contributed by atoms with Crippen LogP contribution in [0, 0.1) is 6.92 Å². The molecule has 2 heterocycles. The number of hydrogen-bond donors (Lipinski definition) is 1. The first kappa shape index (κ1) is 8.07. The van der Waals surface area contributed by atoms with Crippen molar-refractivity contribution in [1.82, 2.24) is 5.16 Å². The Morgan fingerprint density at radius 3 is 3.00 bits per heavy atom. The van der Waals surface area contributed by atoms with Crippen molar-refractivity contribution in [2.24, 2.45) is 5.73 Å². The van der Waals surface area contributed by atoms with Crippen LogP contribution in [-0.4, -0.2) is 5.16 Å². The van der Waals surface area contributed by atoms with Crippen LogP contribution in [0.25, 0.3) is 11.5 Å². The van der Waals surface area contributed by atoms with Gasteiger partial charge in [-0.2, -0.15) is 0 Å². The summed E-state index contributed by atoms with van der Waals surface area (Å²) in [4.78, 5) is 0. The summed E-state index contributed by atoms with van der Waals surface area (Å²) in [6, 6.07) is 3.64. The largest absolute Gasteiger partial charge is 0.463 e. The third kappa shape index (κ3) is 1.25. The Morgan fingerprint density at radius 1 is 1.54 bits per heavy atom. The predicted molar refractivity (Wildman–Crippen MR) is 46.8 cm³/mol. The molecule has 0 aliphatic rings. The molecule has 0 aliphatic heterocycles. The molecule has 0 unspecified atom stereocenters. The molecule has 68 valence electrons. The van der Waals surface area contributed by atoms with Crippen molar-refractivity contribution >= 4 is 0 Å². The highest BCUT2D eigenvalue weighted by Crippen LogP contribution is 2.24. The van der Waals surface area contributed by atoms with Gasteiger partial charge in [-0.15, -0.1) is 0 Å². The molecule has 0 saturated heterocycles. The first-order valence-corrected chi connectivity index (χ1v) is 4.02. The zero-order valence-electron chi connectivity index (χ0n) is 7.28. The van der Waals surface area contributed by atoms with Crippen molar-refractivity contribution in [3.8, 4) is 11.5 Å². The van der Waals surface area contributed by atoms with Crippen LogP contribution in [0.5, 0.6) is 0 Å². The van der Waals surface area contributed by atoms with E-state index in [1.807, 2.05) is 13.0 Å². The highest BCUT2D eigenvalue weighted by Gasteiger charge is 2.14. The molecule has 2 aromatic rings. The average molecular weight is 178 g/mol. The van der Waals surface area contributed by atoms with Crippen LogP contribution in [0.15, 0.2) is 27.3 Å². The van der Waals surface area contributed by atoms with E-state index in [0.717, 1.165) is 11.3 Å². The fourth-order valence-electron chi connectivity index (χ4n) is 1.24. The molecule has 0 amide bonds. The van der Waals surface area contributed by atoms with Gasteiger partial charge in [0, 0.05) is 12.1 Å². The summed E-state index contributed by atoms with van der Waals surface area (Å²) in [5.41, 5.74) is 7.16. The molecule has 0 spiro atoms. The fourth-order valence-corrected chi connectivity index (χ4v) is 1.24. The van der Waals surface area contributed by atoms with Crippen molar-refractivity contribution in [3.05, 3.63) is 29.7 Å². The molecule has 0 bridgehead atoms. The molecule has 13 heavy (non-hydrogen) atoms. The molecule has 2 rings (SSSR count). The van der Waals surface area contributed by atoms with Gasteiger partial charge < -0.3 is 14.7 Å². The van der Waals surface area contributed by atoms with Crippen LogP contribution < -0.4 is 5.73 Å². The SMILES string of the molecule is Cc1onc(-c2ccco2)c1CN. The molecule has 2 aromatic heterocycles. The first-order chi connectivity index (χ1) is 6.33. The van der Waals surface area contributed by atoms with Gasteiger partial charge in [-0.3, -0.25) is 0 Å². The van der Waals surface area contributed by atoms with Crippen LogP contribution in [0.1, 0.15) is 11.3 Å². The maximum absolute atomic E-state index is 5.56. The molecule has 0 saturated carbocycles. The number of nitrogens with zero attached hydrogens (tertiary/aromatic N) is 1. The lowest BCUT2D eigenvalue weighted by atomic mass is 10.1. The maximum atomic E-state index is 5.56. The van der Waals surface area contributed by atoms with Crippen molar-refractivity contribution < 1.29 is 8.94 Å². The lowest BCUT2D eigenvalue weighted by molar-refractivity contribution is 0.396. The first-order valence-electron chi connectivity index (χ1n) is 4.02. The van der Waals surface area contributed by atoms with Crippen LogP contribution in [0.4, 0.5) is 0 Å². The summed E-state index contributed by atoms with van der Waals surface area (Å²) in [6.45, 7) is 2.24. The van der Waals surface area contributed by atoms with E-state index in [4.69, 9.17) is 14.7 Å². The Bertz CT molecular complexity index is 390. The smallest absolute Gasteiger partial charge is 0.156 e. The quantitative estimate of drug-likeness (QED) is 0.760. The van der Waals surface area contributed by atoms with E-state index in [1.54, 1.807) is 12.3 Å². The Morgan fingerprint density at radius 2 is 2.38 bits per heavy atom. The molecule has 2 N–H and O–H groups in total. The Balaban J connectivity index is 2.52. The lowest BCUT2D eigenvalue weighted by Crippen LogP contribution is -1.98. The molecule has 4 nitrogen and oxygen atoms in total. The Hall–Kier alpha value is -1.55. The molecule has 4 heteroatoms. The van der Waals surface area contributed by atoms with Crippen LogP contribution in [-0.2, 0) is 6.54 Å². The van der Waals surface area contributed by atoms with Crippen LogP contribution >= 0.6 is 0 Å². The number of rotatable bonds is 2. The predicted octanol–water partition coefficient (Wildman–Crippen LogP) is 1.70.